The molecule has 0 aliphatic carbocycles. The fraction of sp³-hybridized carbons (Fsp3) is 0.400. The summed E-state index contributed by atoms with van der Waals surface area (Å²) in [6, 6.07) is 4.49. The van der Waals surface area contributed by atoms with Gasteiger partial charge in [0.15, 0.2) is 0 Å². The molecule has 2 radical (unpaired) electrons. The molecule has 0 saturated carbocycles. The van der Waals surface area contributed by atoms with E-state index in [9.17, 15) is 10.1 Å². The van der Waals surface area contributed by atoms with Crippen molar-refractivity contribution < 1.29 is 9.66 Å². The number of rotatable bonds is 3. The molecule has 0 unspecified atom stereocenters. The molecule has 0 atom stereocenters. The summed E-state index contributed by atoms with van der Waals surface area (Å²) < 4.78 is 5.08. The van der Waals surface area contributed by atoms with Crippen molar-refractivity contribution in [2.75, 3.05) is 18.5 Å². The number of nitro groups is 1. The third kappa shape index (κ3) is 2.01. The van der Waals surface area contributed by atoms with E-state index in [1.54, 1.807) is 6.07 Å². The highest BCUT2D eigenvalue weighted by atomic mass is 16.6. The number of hydrogen-bond donors (Lipinski definition) is 1. The number of benzene rings is 1. The van der Waals surface area contributed by atoms with Crippen LogP contribution < -0.4 is 10.8 Å². The van der Waals surface area contributed by atoms with Gasteiger partial charge in [-0.05, 0) is 13.0 Å². The molecule has 2 rings (SSSR count). The van der Waals surface area contributed by atoms with E-state index < -0.39 is 4.92 Å². The van der Waals surface area contributed by atoms with Crippen LogP contribution in [0.25, 0.3) is 0 Å². The predicted octanol–water partition coefficient (Wildman–Crippen LogP) is 0.589. The molecule has 0 bridgehead atoms. The molecular formula is C10H11BN2O3. The van der Waals surface area contributed by atoms with Crippen LogP contribution in [-0.4, -0.2) is 31.5 Å². The van der Waals surface area contributed by atoms with E-state index in [4.69, 9.17) is 12.6 Å². The zero-order chi connectivity index (χ0) is 11.8. The van der Waals surface area contributed by atoms with Crippen LogP contribution in [0.1, 0.15) is 6.92 Å². The third-order valence-electron chi connectivity index (χ3n) is 2.50. The minimum Gasteiger partial charge on any atom is -0.376 e. The Morgan fingerprint density at radius 2 is 2.25 bits per heavy atom. The van der Waals surface area contributed by atoms with E-state index in [0.717, 1.165) is 0 Å². The molecule has 6 heteroatoms. The maximum Gasteiger partial charge on any atom is 0.292 e. The van der Waals surface area contributed by atoms with Gasteiger partial charge in [-0.3, -0.25) is 10.1 Å². The Morgan fingerprint density at radius 3 is 2.75 bits per heavy atom. The summed E-state index contributed by atoms with van der Waals surface area (Å²) >= 11 is 0. The van der Waals surface area contributed by atoms with E-state index in [1.807, 2.05) is 6.92 Å². The summed E-state index contributed by atoms with van der Waals surface area (Å²) in [5, 5.41) is 13.9. The van der Waals surface area contributed by atoms with Gasteiger partial charge in [0.1, 0.15) is 13.5 Å². The third-order valence-corrected chi connectivity index (χ3v) is 2.50. The second-order valence-electron chi connectivity index (χ2n) is 4.21. The van der Waals surface area contributed by atoms with Crippen LogP contribution in [0.3, 0.4) is 0 Å². The minimum atomic E-state index is -0.426. The van der Waals surface area contributed by atoms with Crippen LogP contribution in [0, 0.1) is 10.1 Å². The predicted molar refractivity (Wildman–Crippen MR) is 61.3 cm³/mol. The monoisotopic (exact) mass is 218 g/mol. The second kappa shape index (κ2) is 3.79. The molecule has 16 heavy (non-hydrogen) atoms. The van der Waals surface area contributed by atoms with E-state index in [-0.39, 0.29) is 11.2 Å². The molecule has 1 heterocycles. The molecule has 0 spiro atoms. The smallest absolute Gasteiger partial charge is 0.292 e. The molecule has 0 amide bonds. The first-order valence-electron chi connectivity index (χ1n) is 4.90. The Kier molecular flexibility index (Phi) is 2.59. The Labute approximate surface area is 94.4 Å². The van der Waals surface area contributed by atoms with Gasteiger partial charge in [-0.1, -0.05) is 11.5 Å². The van der Waals surface area contributed by atoms with Crippen molar-refractivity contribution in [3.8, 4) is 0 Å². The lowest BCUT2D eigenvalue weighted by Gasteiger charge is -2.39. The van der Waals surface area contributed by atoms with Crippen LogP contribution in [-0.2, 0) is 4.74 Å². The standard InChI is InChI=1S/C10H11BN2O3/c1-10(5-16-6-10)12-8-4-7(11)2-3-9(8)13(14)15/h2-4,12H,5-6H2,1H3. The Morgan fingerprint density at radius 1 is 1.56 bits per heavy atom. The largest absolute Gasteiger partial charge is 0.376 e. The number of anilines is 1. The molecule has 1 aliphatic rings. The maximum atomic E-state index is 10.8. The zero-order valence-electron chi connectivity index (χ0n) is 8.90. The van der Waals surface area contributed by atoms with E-state index in [2.05, 4.69) is 5.32 Å². The van der Waals surface area contributed by atoms with Gasteiger partial charge in [0, 0.05) is 6.07 Å². The van der Waals surface area contributed by atoms with E-state index in [0.29, 0.717) is 24.4 Å². The van der Waals surface area contributed by atoms with Crippen molar-refractivity contribution >= 4 is 24.7 Å². The zero-order valence-corrected chi connectivity index (χ0v) is 8.90. The van der Waals surface area contributed by atoms with Crippen molar-refractivity contribution in [2.24, 2.45) is 0 Å². The van der Waals surface area contributed by atoms with Crippen molar-refractivity contribution in [1.29, 1.82) is 0 Å². The molecular weight excluding hydrogens is 207 g/mol. The number of nitrogens with one attached hydrogen (secondary N) is 1. The fourth-order valence-corrected chi connectivity index (χ4v) is 1.62. The van der Waals surface area contributed by atoms with Gasteiger partial charge in [-0.15, -0.1) is 0 Å². The van der Waals surface area contributed by atoms with Crippen molar-refractivity contribution in [3.63, 3.8) is 0 Å². The summed E-state index contributed by atoms with van der Waals surface area (Å²) in [7, 11) is 5.61. The van der Waals surface area contributed by atoms with Crippen molar-refractivity contribution in [3.05, 3.63) is 28.3 Å². The van der Waals surface area contributed by atoms with Crippen molar-refractivity contribution in [2.45, 2.75) is 12.5 Å². The summed E-state index contributed by atoms with van der Waals surface area (Å²) in [5.41, 5.74) is 0.730. The molecule has 82 valence electrons. The number of nitrogens with zero attached hydrogens (tertiary/aromatic N) is 1. The lowest BCUT2D eigenvalue weighted by Crippen LogP contribution is -2.53. The van der Waals surface area contributed by atoms with Gasteiger partial charge >= 0.3 is 0 Å². The summed E-state index contributed by atoms with van der Waals surface area (Å²) in [5.74, 6) is 0. The quantitative estimate of drug-likeness (QED) is 0.458. The van der Waals surface area contributed by atoms with Gasteiger partial charge in [0.05, 0.1) is 23.7 Å². The average Bonchev–Trinajstić information content (AvgIpc) is 2.15. The molecule has 1 aliphatic heterocycles. The second-order valence-corrected chi connectivity index (χ2v) is 4.21. The lowest BCUT2D eigenvalue weighted by atomic mass is 9.94. The Balaban J connectivity index is 2.30. The first-order valence-corrected chi connectivity index (χ1v) is 4.90. The highest BCUT2D eigenvalue weighted by Gasteiger charge is 2.34. The number of nitro benzene ring substituents is 1. The first kappa shape index (κ1) is 10.9. The highest BCUT2D eigenvalue weighted by molar-refractivity contribution is 6.32. The average molecular weight is 218 g/mol. The number of ether oxygens (including phenoxy) is 1. The van der Waals surface area contributed by atoms with Gasteiger partial charge < -0.3 is 10.1 Å². The van der Waals surface area contributed by atoms with Crippen LogP contribution in [0.2, 0.25) is 0 Å². The first-order chi connectivity index (χ1) is 7.50. The van der Waals surface area contributed by atoms with Crippen LogP contribution in [0.4, 0.5) is 11.4 Å². The fourth-order valence-electron chi connectivity index (χ4n) is 1.62. The summed E-state index contributed by atoms with van der Waals surface area (Å²) in [6.07, 6.45) is 0. The molecule has 1 aromatic rings. The Hall–Kier alpha value is -1.56. The lowest BCUT2D eigenvalue weighted by molar-refractivity contribution is -0.384. The van der Waals surface area contributed by atoms with E-state index >= 15 is 0 Å². The van der Waals surface area contributed by atoms with E-state index in [1.165, 1.54) is 12.1 Å². The van der Waals surface area contributed by atoms with Crippen LogP contribution in [0.5, 0.6) is 0 Å². The minimum absolute atomic E-state index is 0.0299. The van der Waals surface area contributed by atoms with Crippen LogP contribution in [0.15, 0.2) is 18.2 Å². The maximum absolute atomic E-state index is 10.8. The van der Waals surface area contributed by atoms with Gasteiger partial charge in [-0.2, -0.15) is 0 Å². The molecule has 1 N–H and O–H groups in total. The van der Waals surface area contributed by atoms with Gasteiger partial charge in [-0.25, -0.2) is 0 Å². The normalized spacial score (nSPS) is 17.6. The highest BCUT2D eigenvalue weighted by Crippen LogP contribution is 2.28. The molecule has 0 aromatic heterocycles. The molecule has 1 aromatic carbocycles. The van der Waals surface area contributed by atoms with Gasteiger partial charge in [0.2, 0.25) is 0 Å². The number of hydrogen-bond acceptors (Lipinski definition) is 4. The van der Waals surface area contributed by atoms with Gasteiger partial charge in [0.25, 0.3) is 5.69 Å². The van der Waals surface area contributed by atoms with Crippen LogP contribution >= 0.6 is 0 Å². The topological polar surface area (TPSA) is 64.4 Å². The summed E-state index contributed by atoms with van der Waals surface area (Å²) in [6.45, 7) is 3.03. The molecule has 1 saturated heterocycles. The Bertz CT molecular complexity index is 432. The molecule has 1 fully saturated rings. The summed E-state index contributed by atoms with van der Waals surface area (Å²) in [4.78, 5) is 10.4. The SMILES string of the molecule is [B]c1ccc([N+](=O)[O-])c(NC2(C)COC2)c1. The van der Waals surface area contributed by atoms with Crippen molar-refractivity contribution in [1.82, 2.24) is 0 Å². The molecule has 5 nitrogen and oxygen atoms in total.